The second-order valence-electron chi connectivity index (χ2n) is 16.8. The molecule has 0 N–H and O–H groups in total. The summed E-state index contributed by atoms with van der Waals surface area (Å²) in [5.74, 6) is 0. The lowest BCUT2D eigenvalue weighted by atomic mass is 9.70. The number of hydrogen-bond donors (Lipinski definition) is 0. The molecule has 1 atom stereocenters. The van der Waals surface area contributed by atoms with E-state index in [1.54, 1.807) is 0 Å². The summed E-state index contributed by atoms with van der Waals surface area (Å²) < 4.78 is 2.58. The minimum absolute atomic E-state index is 0.565. The molecule has 10 aromatic carbocycles. The summed E-state index contributed by atoms with van der Waals surface area (Å²) >= 11 is 1.88. The van der Waals surface area contributed by atoms with Crippen LogP contribution in [0.15, 0.2) is 243 Å². The maximum absolute atomic E-state index is 2.52. The molecule has 1 spiro atoms. The zero-order chi connectivity index (χ0) is 42.2. The van der Waals surface area contributed by atoms with Crippen molar-refractivity contribution in [2.75, 3.05) is 9.80 Å². The smallest absolute Gasteiger partial charge is 0.0727 e. The molecule has 11 aromatic rings. The van der Waals surface area contributed by atoms with Gasteiger partial charge in [-0.05, 0) is 117 Å². The Bertz CT molecular complexity index is 3580. The number of nitrogens with zero attached hydrogens (tertiary/aromatic N) is 2. The van der Waals surface area contributed by atoms with Gasteiger partial charge in [-0.25, -0.2) is 0 Å². The molecule has 13 rings (SSSR count). The molecular formula is C61H40N2S. The lowest BCUT2D eigenvalue weighted by Crippen LogP contribution is -2.26. The SMILES string of the molecule is c1ccc(-c2cccc(N(c3ccccc3)c3ccc4c(c3)C3(c5ccccc5-4)c4ccccc4-c4c(N(c5ccccc5)c5cccc6c5sc5ccccc56)cccc43)c2)cc1. The van der Waals surface area contributed by atoms with Crippen LogP contribution in [0.25, 0.3) is 53.6 Å². The summed E-state index contributed by atoms with van der Waals surface area (Å²) in [4.78, 5) is 4.94. The summed E-state index contributed by atoms with van der Waals surface area (Å²) in [5.41, 5.74) is 19.0. The molecule has 1 unspecified atom stereocenters. The molecule has 2 aliphatic rings. The van der Waals surface area contributed by atoms with Crippen LogP contribution in [-0.4, -0.2) is 0 Å². The van der Waals surface area contributed by atoms with Gasteiger partial charge in [0.25, 0.3) is 0 Å². The van der Waals surface area contributed by atoms with E-state index in [-0.39, 0.29) is 0 Å². The van der Waals surface area contributed by atoms with E-state index in [0.29, 0.717) is 0 Å². The van der Waals surface area contributed by atoms with Crippen molar-refractivity contribution in [2.24, 2.45) is 0 Å². The first-order valence-corrected chi connectivity index (χ1v) is 22.8. The van der Waals surface area contributed by atoms with Crippen LogP contribution in [0.3, 0.4) is 0 Å². The highest BCUT2D eigenvalue weighted by molar-refractivity contribution is 7.26. The fourth-order valence-electron chi connectivity index (χ4n) is 10.9. The third-order valence-corrected chi connectivity index (χ3v) is 14.6. The van der Waals surface area contributed by atoms with Crippen LogP contribution in [0.1, 0.15) is 22.3 Å². The Labute approximate surface area is 377 Å². The lowest BCUT2D eigenvalue weighted by molar-refractivity contribution is 0.793. The third-order valence-electron chi connectivity index (χ3n) is 13.4. The molecule has 2 nitrogen and oxygen atoms in total. The second-order valence-corrected chi connectivity index (χ2v) is 17.8. The van der Waals surface area contributed by atoms with E-state index in [0.717, 1.165) is 22.7 Å². The number of benzene rings is 10. The van der Waals surface area contributed by atoms with E-state index in [2.05, 4.69) is 252 Å². The highest BCUT2D eigenvalue weighted by Gasteiger charge is 2.52. The number of para-hydroxylation sites is 2. The fourth-order valence-corrected chi connectivity index (χ4v) is 12.1. The monoisotopic (exact) mass is 832 g/mol. The van der Waals surface area contributed by atoms with Crippen molar-refractivity contribution in [3.8, 4) is 33.4 Å². The van der Waals surface area contributed by atoms with Gasteiger partial charge in [0.05, 0.1) is 21.5 Å². The highest BCUT2D eigenvalue weighted by atomic mass is 32.1. The number of thiophene rings is 1. The van der Waals surface area contributed by atoms with E-state index < -0.39 is 5.41 Å². The molecule has 0 saturated carbocycles. The lowest BCUT2D eigenvalue weighted by Gasteiger charge is -2.33. The van der Waals surface area contributed by atoms with E-state index in [1.807, 2.05) is 11.3 Å². The summed E-state index contributed by atoms with van der Waals surface area (Å²) in [6, 6.07) is 89.5. The number of hydrogen-bond acceptors (Lipinski definition) is 3. The van der Waals surface area contributed by atoms with Gasteiger partial charge in [-0.15, -0.1) is 11.3 Å². The highest BCUT2D eigenvalue weighted by Crippen LogP contribution is 2.65. The van der Waals surface area contributed by atoms with Crippen molar-refractivity contribution in [1.82, 2.24) is 0 Å². The zero-order valence-corrected chi connectivity index (χ0v) is 35.7. The summed E-state index contributed by atoms with van der Waals surface area (Å²) in [7, 11) is 0. The molecule has 300 valence electrons. The maximum Gasteiger partial charge on any atom is 0.0727 e. The molecule has 2 aliphatic carbocycles. The van der Waals surface area contributed by atoms with E-state index in [1.165, 1.54) is 87.2 Å². The molecule has 1 aromatic heterocycles. The van der Waals surface area contributed by atoms with Gasteiger partial charge >= 0.3 is 0 Å². The normalized spacial score (nSPS) is 14.3. The minimum atomic E-state index is -0.565. The van der Waals surface area contributed by atoms with Gasteiger partial charge in [0.15, 0.2) is 0 Å². The molecule has 64 heavy (non-hydrogen) atoms. The predicted molar refractivity (Wildman–Crippen MR) is 270 cm³/mol. The Morgan fingerprint density at radius 2 is 0.844 bits per heavy atom. The van der Waals surface area contributed by atoms with Crippen molar-refractivity contribution in [2.45, 2.75) is 5.41 Å². The van der Waals surface area contributed by atoms with Crippen molar-refractivity contribution in [3.63, 3.8) is 0 Å². The Kier molecular flexibility index (Phi) is 8.34. The van der Waals surface area contributed by atoms with Crippen LogP contribution >= 0.6 is 11.3 Å². The average molecular weight is 833 g/mol. The fraction of sp³-hybridized carbons (Fsp3) is 0.0164. The predicted octanol–water partition coefficient (Wildman–Crippen LogP) is 17.0. The molecule has 0 fully saturated rings. The standard InChI is InChI=1S/C61H40N2S/c1-4-19-41(20-5-1)42-21-16-26-45(39-42)62(43-22-6-2-7-23-43)46-37-38-48-47-27-10-13-31-52(47)61(55(48)40-46)53-32-14-11-29-51(53)59-54(61)33-18-34-56(59)63(44-24-8-3-9-25-44)57-35-17-30-50-49-28-12-15-36-58(49)64-60(50)57/h1-40H. The van der Waals surface area contributed by atoms with Crippen LogP contribution in [0, 0.1) is 0 Å². The molecule has 0 amide bonds. The van der Waals surface area contributed by atoms with Gasteiger partial charge in [-0.3, -0.25) is 0 Å². The summed E-state index contributed by atoms with van der Waals surface area (Å²) in [6.45, 7) is 0. The Hall–Kier alpha value is -7.98. The summed E-state index contributed by atoms with van der Waals surface area (Å²) in [5, 5.41) is 2.58. The molecule has 0 bridgehead atoms. The molecule has 0 aliphatic heterocycles. The first kappa shape index (κ1) is 36.7. The quantitative estimate of drug-likeness (QED) is 0.158. The van der Waals surface area contributed by atoms with Crippen LogP contribution in [0.2, 0.25) is 0 Å². The molecular weight excluding hydrogens is 793 g/mol. The molecule has 0 saturated heterocycles. The molecule has 3 heteroatoms. The van der Waals surface area contributed by atoms with Gasteiger partial charge in [-0.2, -0.15) is 0 Å². The third kappa shape index (κ3) is 5.38. The van der Waals surface area contributed by atoms with Crippen molar-refractivity contribution >= 4 is 65.6 Å². The Morgan fingerprint density at radius 1 is 0.312 bits per heavy atom. The van der Waals surface area contributed by atoms with E-state index >= 15 is 0 Å². The number of rotatable bonds is 7. The van der Waals surface area contributed by atoms with Gasteiger partial charge in [0, 0.05) is 43.8 Å². The van der Waals surface area contributed by atoms with Gasteiger partial charge in [-0.1, -0.05) is 176 Å². The van der Waals surface area contributed by atoms with Crippen LogP contribution in [0.5, 0.6) is 0 Å². The van der Waals surface area contributed by atoms with Crippen LogP contribution < -0.4 is 9.80 Å². The van der Waals surface area contributed by atoms with Gasteiger partial charge in [0.1, 0.15) is 0 Å². The molecule has 1 heterocycles. The largest absolute Gasteiger partial charge is 0.310 e. The van der Waals surface area contributed by atoms with Crippen molar-refractivity contribution in [1.29, 1.82) is 0 Å². The molecule has 0 radical (unpaired) electrons. The van der Waals surface area contributed by atoms with Crippen molar-refractivity contribution in [3.05, 3.63) is 265 Å². The van der Waals surface area contributed by atoms with Crippen LogP contribution in [0.4, 0.5) is 34.1 Å². The Morgan fingerprint density at radius 3 is 1.64 bits per heavy atom. The van der Waals surface area contributed by atoms with Crippen LogP contribution in [-0.2, 0) is 5.41 Å². The first-order valence-electron chi connectivity index (χ1n) is 22.0. The minimum Gasteiger partial charge on any atom is -0.310 e. The first-order chi connectivity index (χ1) is 31.8. The average Bonchev–Trinajstić information content (AvgIpc) is 4.00. The zero-order valence-electron chi connectivity index (χ0n) is 34.9. The topological polar surface area (TPSA) is 6.48 Å². The summed E-state index contributed by atoms with van der Waals surface area (Å²) in [6.07, 6.45) is 0. The van der Waals surface area contributed by atoms with E-state index in [4.69, 9.17) is 0 Å². The van der Waals surface area contributed by atoms with E-state index in [9.17, 15) is 0 Å². The maximum atomic E-state index is 2.52. The Balaban J connectivity index is 1.07. The van der Waals surface area contributed by atoms with Gasteiger partial charge < -0.3 is 9.80 Å². The van der Waals surface area contributed by atoms with Gasteiger partial charge in [0.2, 0.25) is 0 Å². The second kappa shape index (κ2) is 14.6. The van der Waals surface area contributed by atoms with Crippen molar-refractivity contribution < 1.29 is 0 Å². The number of fused-ring (bicyclic) bond motifs is 13. The number of anilines is 6.